The van der Waals surface area contributed by atoms with Gasteiger partial charge in [-0.3, -0.25) is 9.59 Å². The Balaban J connectivity index is 1.44. The number of carbonyl (C=O) groups is 2. The first-order valence-electron chi connectivity index (χ1n) is 10.0. The predicted octanol–water partition coefficient (Wildman–Crippen LogP) is 3.48. The molecule has 2 amide bonds. The number of hydrogen-bond acceptors (Lipinski definition) is 4. The average molecular weight is 406 g/mol. The number of para-hydroxylation sites is 1. The minimum atomic E-state index is -0.208. The van der Waals surface area contributed by atoms with Crippen LogP contribution >= 0.6 is 0 Å². The Kier molecular flexibility index (Phi) is 7.60. The molecule has 0 atom stereocenters. The number of ether oxygens (including phenoxy) is 1. The number of aromatic nitrogens is 2. The second kappa shape index (κ2) is 10.8. The van der Waals surface area contributed by atoms with E-state index in [2.05, 4.69) is 15.7 Å². The molecule has 0 radical (unpaired) electrons. The number of nitrogens with one attached hydrogen (secondary N) is 2. The van der Waals surface area contributed by atoms with E-state index in [4.69, 9.17) is 4.74 Å². The summed E-state index contributed by atoms with van der Waals surface area (Å²) in [5, 5.41) is 10.00. The smallest absolute Gasteiger partial charge is 0.255 e. The van der Waals surface area contributed by atoms with Gasteiger partial charge in [0, 0.05) is 19.0 Å². The van der Waals surface area contributed by atoms with Crippen LogP contribution in [0.2, 0.25) is 0 Å². The third kappa shape index (κ3) is 5.94. The molecular formula is C23H26N4O3. The fourth-order valence-corrected chi connectivity index (χ4v) is 3.01. The Hall–Kier alpha value is -3.61. The van der Waals surface area contributed by atoms with Gasteiger partial charge >= 0.3 is 0 Å². The summed E-state index contributed by atoms with van der Waals surface area (Å²) in [7, 11) is 0. The van der Waals surface area contributed by atoms with Gasteiger partial charge in [-0.1, -0.05) is 42.5 Å². The van der Waals surface area contributed by atoms with Crippen molar-refractivity contribution in [3.63, 3.8) is 0 Å². The fourth-order valence-electron chi connectivity index (χ4n) is 3.01. The zero-order valence-corrected chi connectivity index (χ0v) is 17.0. The normalized spacial score (nSPS) is 10.4. The van der Waals surface area contributed by atoms with Gasteiger partial charge in [-0.05, 0) is 31.0 Å². The van der Waals surface area contributed by atoms with Gasteiger partial charge in [0.2, 0.25) is 5.91 Å². The van der Waals surface area contributed by atoms with Gasteiger partial charge in [-0.15, -0.1) is 0 Å². The van der Waals surface area contributed by atoms with Crippen molar-refractivity contribution in [2.24, 2.45) is 0 Å². The van der Waals surface area contributed by atoms with Gasteiger partial charge in [0.05, 0.1) is 24.9 Å². The highest BCUT2D eigenvalue weighted by molar-refractivity contribution is 5.97. The molecule has 0 unspecified atom stereocenters. The standard InChI is InChI=1S/C23H26N4O3/c1-2-30-20-12-7-6-11-19(20)23(29)24-15-8-13-22(28)26-21-14-16-25-27(21)17-18-9-4-3-5-10-18/h3-7,9-12,14,16H,2,8,13,15,17H2,1H3,(H,24,29)(H,26,28). The Bertz CT molecular complexity index is 969. The topological polar surface area (TPSA) is 85.2 Å². The molecule has 7 heteroatoms. The summed E-state index contributed by atoms with van der Waals surface area (Å²) in [5.41, 5.74) is 1.60. The van der Waals surface area contributed by atoms with E-state index in [1.807, 2.05) is 43.3 Å². The lowest BCUT2D eigenvalue weighted by atomic mass is 10.2. The average Bonchev–Trinajstić information content (AvgIpc) is 3.19. The van der Waals surface area contributed by atoms with Crippen LogP contribution in [0.3, 0.4) is 0 Å². The maximum absolute atomic E-state index is 12.4. The van der Waals surface area contributed by atoms with E-state index in [0.717, 1.165) is 5.56 Å². The molecule has 1 heterocycles. The highest BCUT2D eigenvalue weighted by Crippen LogP contribution is 2.17. The molecule has 156 valence electrons. The number of rotatable bonds is 10. The Morgan fingerprint density at radius 1 is 1.03 bits per heavy atom. The first-order chi connectivity index (χ1) is 14.7. The lowest BCUT2D eigenvalue weighted by Gasteiger charge is -2.11. The molecule has 0 saturated carbocycles. The molecule has 0 aliphatic carbocycles. The van der Waals surface area contributed by atoms with Gasteiger partial charge in [0.1, 0.15) is 11.6 Å². The van der Waals surface area contributed by atoms with Gasteiger partial charge < -0.3 is 15.4 Å². The monoisotopic (exact) mass is 406 g/mol. The second-order valence-corrected chi connectivity index (χ2v) is 6.70. The van der Waals surface area contributed by atoms with Crippen molar-refractivity contribution in [3.05, 3.63) is 78.0 Å². The summed E-state index contributed by atoms with van der Waals surface area (Å²) in [5.74, 6) is 0.884. The summed E-state index contributed by atoms with van der Waals surface area (Å²) in [6, 6.07) is 18.8. The first-order valence-corrected chi connectivity index (χ1v) is 10.0. The van der Waals surface area contributed by atoms with Crippen molar-refractivity contribution >= 4 is 17.6 Å². The maximum Gasteiger partial charge on any atom is 0.255 e. The van der Waals surface area contributed by atoms with Crippen LogP contribution in [-0.2, 0) is 11.3 Å². The van der Waals surface area contributed by atoms with Gasteiger partial charge in [0.25, 0.3) is 5.91 Å². The van der Waals surface area contributed by atoms with E-state index in [1.54, 1.807) is 35.1 Å². The van der Waals surface area contributed by atoms with E-state index >= 15 is 0 Å². The van der Waals surface area contributed by atoms with Gasteiger partial charge in [-0.25, -0.2) is 4.68 Å². The lowest BCUT2D eigenvalue weighted by molar-refractivity contribution is -0.116. The third-order valence-electron chi connectivity index (χ3n) is 4.46. The Morgan fingerprint density at radius 3 is 2.60 bits per heavy atom. The van der Waals surface area contributed by atoms with Crippen LogP contribution in [0.5, 0.6) is 5.75 Å². The zero-order chi connectivity index (χ0) is 21.2. The number of carbonyl (C=O) groups excluding carboxylic acids is 2. The number of amides is 2. The molecule has 30 heavy (non-hydrogen) atoms. The molecule has 2 N–H and O–H groups in total. The molecule has 0 fully saturated rings. The van der Waals surface area contributed by atoms with Crippen molar-refractivity contribution in [1.82, 2.24) is 15.1 Å². The Morgan fingerprint density at radius 2 is 1.80 bits per heavy atom. The number of benzene rings is 2. The van der Waals surface area contributed by atoms with Crippen LogP contribution in [0.4, 0.5) is 5.82 Å². The van der Waals surface area contributed by atoms with Crippen LogP contribution in [0.1, 0.15) is 35.7 Å². The third-order valence-corrected chi connectivity index (χ3v) is 4.46. The molecule has 3 aromatic rings. The van der Waals surface area contributed by atoms with Crippen molar-refractivity contribution < 1.29 is 14.3 Å². The van der Waals surface area contributed by atoms with Crippen molar-refractivity contribution in [1.29, 1.82) is 0 Å². The fraction of sp³-hybridized carbons (Fsp3) is 0.261. The molecule has 7 nitrogen and oxygen atoms in total. The van der Waals surface area contributed by atoms with Crippen molar-refractivity contribution in [2.45, 2.75) is 26.3 Å². The maximum atomic E-state index is 12.4. The molecule has 2 aromatic carbocycles. The number of hydrogen-bond donors (Lipinski definition) is 2. The van der Waals surface area contributed by atoms with Crippen LogP contribution in [0.25, 0.3) is 0 Å². The van der Waals surface area contributed by atoms with E-state index in [-0.39, 0.29) is 11.8 Å². The molecule has 3 rings (SSSR count). The van der Waals surface area contributed by atoms with Gasteiger partial charge in [0.15, 0.2) is 0 Å². The van der Waals surface area contributed by atoms with Crippen molar-refractivity contribution in [3.8, 4) is 5.75 Å². The first kappa shape index (κ1) is 21.1. The molecule has 0 aliphatic heterocycles. The lowest BCUT2D eigenvalue weighted by Crippen LogP contribution is -2.26. The second-order valence-electron chi connectivity index (χ2n) is 6.70. The summed E-state index contributed by atoms with van der Waals surface area (Å²) in [6.45, 7) is 3.35. The van der Waals surface area contributed by atoms with E-state index in [1.165, 1.54) is 0 Å². The summed E-state index contributed by atoms with van der Waals surface area (Å²) >= 11 is 0. The molecule has 0 bridgehead atoms. The molecule has 0 spiro atoms. The summed E-state index contributed by atoms with van der Waals surface area (Å²) in [6.07, 6.45) is 2.49. The van der Waals surface area contributed by atoms with Gasteiger partial charge in [-0.2, -0.15) is 5.10 Å². The van der Waals surface area contributed by atoms with Crippen molar-refractivity contribution in [2.75, 3.05) is 18.5 Å². The van der Waals surface area contributed by atoms with E-state index in [0.29, 0.717) is 49.7 Å². The minimum Gasteiger partial charge on any atom is -0.493 e. The number of anilines is 1. The number of nitrogens with zero attached hydrogens (tertiary/aromatic N) is 2. The molecule has 0 aliphatic rings. The summed E-state index contributed by atoms with van der Waals surface area (Å²) < 4.78 is 7.23. The molecule has 1 aromatic heterocycles. The van der Waals surface area contributed by atoms with Crippen LogP contribution in [0, 0.1) is 0 Å². The van der Waals surface area contributed by atoms with E-state index < -0.39 is 0 Å². The highest BCUT2D eigenvalue weighted by Gasteiger charge is 2.12. The molecule has 0 saturated heterocycles. The summed E-state index contributed by atoms with van der Waals surface area (Å²) in [4.78, 5) is 24.6. The van der Waals surface area contributed by atoms with Crippen LogP contribution in [0.15, 0.2) is 66.9 Å². The zero-order valence-electron chi connectivity index (χ0n) is 17.0. The van der Waals surface area contributed by atoms with Crippen LogP contribution < -0.4 is 15.4 Å². The highest BCUT2D eigenvalue weighted by atomic mass is 16.5. The Labute approximate surface area is 176 Å². The van der Waals surface area contributed by atoms with E-state index in [9.17, 15) is 9.59 Å². The SMILES string of the molecule is CCOc1ccccc1C(=O)NCCCC(=O)Nc1ccnn1Cc1ccccc1. The van der Waals surface area contributed by atoms with Crippen LogP contribution in [-0.4, -0.2) is 34.7 Å². The largest absolute Gasteiger partial charge is 0.493 e. The minimum absolute atomic E-state index is 0.117. The molecular weight excluding hydrogens is 380 g/mol. The quantitative estimate of drug-likeness (QED) is 0.505. The predicted molar refractivity (Wildman–Crippen MR) is 116 cm³/mol.